The molecule has 0 saturated carbocycles. The third-order valence-corrected chi connectivity index (χ3v) is 1.63. The SMILES string of the molecule is O=C(O)[C@@H]1CCCN1.c1nnn[nH]1. The predicted octanol–water partition coefficient (Wildman–Crippen LogP) is -0.977. The smallest absolute Gasteiger partial charge is 0.320 e. The molecule has 1 aromatic rings. The highest BCUT2D eigenvalue weighted by atomic mass is 16.4. The first kappa shape index (κ1) is 9.59. The van der Waals surface area contributed by atoms with Gasteiger partial charge in [-0.2, -0.15) is 0 Å². The molecule has 1 saturated heterocycles. The Morgan fingerprint density at radius 2 is 2.46 bits per heavy atom. The molecule has 3 N–H and O–H groups in total. The Bertz CT molecular complexity index is 214. The molecule has 7 nitrogen and oxygen atoms in total. The monoisotopic (exact) mass is 185 g/mol. The predicted molar refractivity (Wildman–Crippen MR) is 42.8 cm³/mol. The van der Waals surface area contributed by atoms with Gasteiger partial charge in [0, 0.05) is 0 Å². The summed E-state index contributed by atoms with van der Waals surface area (Å²) in [7, 11) is 0. The maximum atomic E-state index is 10.1. The lowest BCUT2D eigenvalue weighted by Gasteiger charge is -1.99. The van der Waals surface area contributed by atoms with Crippen LogP contribution in [0.15, 0.2) is 6.33 Å². The fourth-order valence-corrected chi connectivity index (χ4v) is 1.02. The van der Waals surface area contributed by atoms with Crippen LogP contribution in [0.3, 0.4) is 0 Å². The first-order valence-corrected chi connectivity index (χ1v) is 3.94. The fraction of sp³-hybridized carbons (Fsp3) is 0.667. The molecule has 72 valence electrons. The molecule has 13 heavy (non-hydrogen) atoms. The Balaban J connectivity index is 0.000000145. The van der Waals surface area contributed by atoms with Gasteiger partial charge >= 0.3 is 5.97 Å². The Morgan fingerprint density at radius 3 is 2.69 bits per heavy atom. The van der Waals surface area contributed by atoms with Crippen molar-refractivity contribution in [1.82, 2.24) is 25.9 Å². The summed E-state index contributed by atoms with van der Waals surface area (Å²) >= 11 is 0. The minimum Gasteiger partial charge on any atom is -0.480 e. The van der Waals surface area contributed by atoms with E-state index >= 15 is 0 Å². The summed E-state index contributed by atoms with van der Waals surface area (Å²) in [5.74, 6) is -0.720. The van der Waals surface area contributed by atoms with Gasteiger partial charge in [-0.1, -0.05) is 0 Å². The quantitative estimate of drug-likeness (QED) is 0.519. The average molecular weight is 185 g/mol. The minimum absolute atomic E-state index is 0.269. The number of H-pyrrole nitrogens is 1. The Morgan fingerprint density at radius 1 is 1.62 bits per heavy atom. The number of carboxylic acids is 1. The highest BCUT2D eigenvalue weighted by molar-refractivity contribution is 5.73. The number of carbonyl (C=O) groups is 1. The van der Waals surface area contributed by atoms with Crippen LogP contribution >= 0.6 is 0 Å². The number of hydrogen-bond donors (Lipinski definition) is 3. The molecule has 1 aliphatic heterocycles. The molecule has 0 bridgehead atoms. The van der Waals surface area contributed by atoms with Gasteiger partial charge in [0.1, 0.15) is 12.4 Å². The number of aromatic amines is 1. The van der Waals surface area contributed by atoms with Crippen LogP contribution in [0.5, 0.6) is 0 Å². The van der Waals surface area contributed by atoms with Crippen LogP contribution < -0.4 is 5.32 Å². The normalized spacial score (nSPS) is 20.5. The number of nitrogens with zero attached hydrogens (tertiary/aromatic N) is 3. The lowest BCUT2D eigenvalue weighted by atomic mass is 10.2. The van der Waals surface area contributed by atoms with Gasteiger partial charge in [0.2, 0.25) is 0 Å². The maximum Gasteiger partial charge on any atom is 0.320 e. The van der Waals surface area contributed by atoms with Gasteiger partial charge in [-0.25, -0.2) is 5.10 Å². The van der Waals surface area contributed by atoms with E-state index in [2.05, 4.69) is 25.9 Å². The third-order valence-electron chi connectivity index (χ3n) is 1.63. The van der Waals surface area contributed by atoms with E-state index in [1.165, 1.54) is 6.33 Å². The highest BCUT2D eigenvalue weighted by Crippen LogP contribution is 2.03. The summed E-state index contributed by atoms with van der Waals surface area (Å²) in [6.07, 6.45) is 3.19. The summed E-state index contributed by atoms with van der Waals surface area (Å²) in [5, 5.41) is 23.3. The summed E-state index contributed by atoms with van der Waals surface area (Å²) in [6, 6.07) is -0.269. The van der Waals surface area contributed by atoms with Crippen LogP contribution in [0.1, 0.15) is 12.8 Å². The molecule has 1 atom stereocenters. The zero-order valence-corrected chi connectivity index (χ0v) is 6.97. The molecule has 0 radical (unpaired) electrons. The number of carboxylic acid groups (broad SMARTS) is 1. The van der Waals surface area contributed by atoms with Crippen LogP contribution in [-0.2, 0) is 4.79 Å². The first-order valence-electron chi connectivity index (χ1n) is 3.94. The van der Waals surface area contributed by atoms with E-state index in [0.717, 1.165) is 19.4 Å². The second kappa shape index (κ2) is 5.20. The molecule has 2 heterocycles. The van der Waals surface area contributed by atoms with Crippen LogP contribution in [0.4, 0.5) is 0 Å². The maximum absolute atomic E-state index is 10.1. The second-order valence-corrected chi connectivity index (χ2v) is 2.55. The molecule has 2 rings (SSSR count). The van der Waals surface area contributed by atoms with Gasteiger partial charge in [0.25, 0.3) is 0 Å². The van der Waals surface area contributed by atoms with E-state index in [1.807, 2.05) is 0 Å². The zero-order valence-electron chi connectivity index (χ0n) is 6.97. The van der Waals surface area contributed by atoms with E-state index in [1.54, 1.807) is 0 Å². The Labute approximate surface area is 74.5 Å². The molecule has 0 aromatic carbocycles. The number of rotatable bonds is 1. The number of hydrogen-bond acceptors (Lipinski definition) is 5. The fourth-order valence-electron chi connectivity index (χ4n) is 1.02. The zero-order chi connectivity index (χ0) is 9.52. The largest absolute Gasteiger partial charge is 0.480 e. The van der Waals surface area contributed by atoms with E-state index in [9.17, 15) is 4.79 Å². The number of tetrazole rings is 1. The van der Waals surface area contributed by atoms with E-state index in [-0.39, 0.29) is 6.04 Å². The van der Waals surface area contributed by atoms with Crippen molar-refractivity contribution >= 4 is 5.97 Å². The van der Waals surface area contributed by atoms with Gasteiger partial charge in [-0.15, -0.1) is 5.10 Å². The second-order valence-electron chi connectivity index (χ2n) is 2.55. The van der Waals surface area contributed by atoms with Gasteiger partial charge in [-0.3, -0.25) is 4.79 Å². The lowest BCUT2D eigenvalue weighted by Crippen LogP contribution is -2.29. The minimum atomic E-state index is -0.720. The molecular weight excluding hydrogens is 174 g/mol. The molecule has 0 aliphatic carbocycles. The highest BCUT2D eigenvalue weighted by Gasteiger charge is 2.20. The summed E-state index contributed by atoms with van der Waals surface area (Å²) in [4.78, 5) is 10.1. The molecule has 7 heteroatoms. The number of nitrogens with one attached hydrogen (secondary N) is 2. The molecule has 1 aromatic heterocycles. The van der Waals surface area contributed by atoms with Crippen molar-refractivity contribution in [1.29, 1.82) is 0 Å². The lowest BCUT2D eigenvalue weighted by molar-refractivity contribution is -0.139. The van der Waals surface area contributed by atoms with Gasteiger partial charge in [0.15, 0.2) is 0 Å². The van der Waals surface area contributed by atoms with Gasteiger partial charge in [0.05, 0.1) is 0 Å². The first-order chi connectivity index (χ1) is 6.30. The van der Waals surface area contributed by atoms with Crippen LogP contribution in [0.25, 0.3) is 0 Å². The Kier molecular flexibility index (Phi) is 3.83. The summed E-state index contributed by atoms with van der Waals surface area (Å²) < 4.78 is 0. The van der Waals surface area contributed by atoms with Crippen LogP contribution in [0.2, 0.25) is 0 Å². The van der Waals surface area contributed by atoms with E-state index < -0.39 is 5.97 Å². The topological polar surface area (TPSA) is 104 Å². The van der Waals surface area contributed by atoms with Crippen molar-refractivity contribution in [2.45, 2.75) is 18.9 Å². The molecule has 1 aliphatic rings. The molecule has 0 amide bonds. The van der Waals surface area contributed by atoms with Crippen molar-refractivity contribution in [3.05, 3.63) is 6.33 Å². The van der Waals surface area contributed by atoms with E-state index in [0.29, 0.717) is 0 Å². The van der Waals surface area contributed by atoms with Gasteiger partial charge in [-0.05, 0) is 29.8 Å². The van der Waals surface area contributed by atoms with Gasteiger partial charge < -0.3 is 10.4 Å². The van der Waals surface area contributed by atoms with Crippen LogP contribution in [-0.4, -0.2) is 44.3 Å². The Hall–Kier alpha value is -1.50. The summed E-state index contributed by atoms with van der Waals surface area (Å²) in [5.41, 5.74) is 0. The number of aromatic nitrogens is 4. The van der Waals surface area contributed by atoms with Crippen LogP contribution in [0, 0.1) is 0 Å². The standard InChI is InChI=1S/C5H9NO2.CH2N4/c7-5(8)4-2-1-3-6-4;1-2-4-5-3-1/h4,6H,1-3H2,(H,7,8);1H,(H,2,3,4,5)/t4-;/m0./s1. The molecule has 1 fully saturated rings. The molecule has 0 spiro atoms. The number of aliphatic carboxylic acids is 1. The summed E-state index contributed by atoms with van der Waals surface area (Å²) in [6.45, 7) is 0.858. The van der Waals surface area contributed by atoms with Crippen molar-refractivity contribution < 1.29 is 9.90 Å². The average Bonchev–Trinajstić information content (AvgIpc) is 2.82. The van der Waals surface area contributed by atoms with Crippen molar-refractivity contribution in [3.63, 3.8) is 0 Å². The third kappa shape index (κ3) is 3.61. The molecule has 0 unspecified atom stereocenters. The van der Waals surface area contributed by atoms with E-state index in [4.69, 9.17) is 5.11 Å². The van der Waals surface area contributed by atoms with Crippen molar-refractivity contribution in [2.24, 2.45) is 0 Å². The van der Waals surface area contributed by atoms with Crippen molar-refractivity contribution in [2.75, 3.05) is 6.54 Å². The molecular formula is C6H11N5O2. The van der Waals surface area contributed by atoms with Crippen molar-refractivity contribution in [3.8, 4) is 0 Å².